The second-order valence-corrected chi connectivity index (χ2v) is 7.92. The van der Waals surface area contributed by atoms with Crippen molar-refractivity contribution in [3.8, 4) is 11.4 Å². The van der Waals surface area contributed by atoms with E-state index in [-0.39, 0.29) is 0 Å². The molecule has 1 aromatic carbocycles. The largest absolute Gasteiger partial charge is 0.378 e. The van der Waals surface area contributed by atoms with Crippen LogP contribution in [0.25, 0.3) is 22.3 Å². The number of hydrogen-bond donors (Lipinski definition) is 1. The van der Waals surface area contributed by atoms with E-state index in [4.69, 9.17) is 14.7 Å². The Kier molecular flexibility index (Phi) is 5.60. The Labute approximate surface area is 181 Å². The van der Waals surface area contributed by atoms with Gasteiger partial charge in [0.1, 0.15) is 5.82 Å². The maximum absolute atomic E-state index is 5.54. The van der Waals surface area contributed by atoms with Crippen molar-refractivity contribution in [1.82, 2.24) is 24.8 Å². The minimum Gasteiger partial charge on any atom is -0.378 e. The first-order chi connectivity index (χ1) is 15.3. The predicted molar refractivity (Wildman–Crippen MR) is 122 cm³/mol. The average Bonchev–Trinajstić information content (AvgIpc) is 3.29. The van der Waals surface area contributed by atoms with E-state index in [1.165, 1.54) is 5.56 Å². The van der Waals surface area contributed by atoms with E-state index < -0.39 is 0 Å². The van der Waals surface area contributed by atoms with Gasteiger partial charge in [0.25, 0.3) is 0 Å². The first-order valence-corrected chi connectivity index (χ1v) is 10.6. The van der Waals surface area contributed by atoms with Crippen LogP contribution in [-0.2, 0) is 17.8 Å². The third kappa shape index (κ3) is 4.42. The Bertz CT molecular complexity index is 1150. The summed E-state index contributed by atoms with van der Waals surface area (Å²) < 4.78 is 5.54. The number of morpholine rings is 1. The lowest BCUT2D eigenvalue weighted by Gasteiger charge is -2.28. The normalized spacial score (nSPS) is 14.5. The van der Waals surface area contributed by atoms with Gasteiger partial charge in [-0.05, 0) is 30.8 Å². The molecule has 31 heavy (non-hydrogen) atoms. The molecule has 0 saturated carbocycles. The molecule has 0 amide bonds. The van der Waals surface area contributed by atoms with Gasteiger partial charge in [-0.15, -0.1) is 0 Å². The van der Waals surface area contributed by atoms with Gasteiger partial charge in [0, 0.05) is 67.3 Å². The van der Waals surface area contributed by atoms with Crippen LogP contribution in [0.4, 0.5) is 5.82 Å². The molecule has 0 bridgehead atoms. The lowest BCUT2D eigenvalue weighted by Crippen LogP contribution is -2.37. The minimum absolute atomic E-state index is 0.725. The first kappa shape index (κ1) is 19.7. The second kappa shape index (κ2) is 8.83. The Balaban J connectivity index is 1.49. The summed E-state index contributed by atoms with van der Waals surface area (Å²) in [7, 11) is 2.11. The Morgan fingerprint density at radius 1 is 1.06 bits per heavy atom. The molecule has 3 aromatic heterocycles. The van der Waals surface area contributed by atoms with Crippen molar-refractivity contribution >= 4 is 16.7 Å². The highest BCUT2D eigenvalue weighted by Gasteiger charge is 2.17. The van der Waals surface area contributed by atoms with Crippen LogP contribution < -0.4 is 4.90 Å². The van der Waals surface area contributed by atoms with Crippen molar-refractivity contribution in [2.24, 2.45) is 0 Å². The Hall–Kier alpha value is -3.29. The summed E-state index contributed by atoms with van der Waals surface area (Å²) >= 11 is 0. The topological polar surface area (TPSA) is 70.2 Å². The highest BCUT2D eigenvalue weighted by molar-refractivity contribution is 5.93. The van der Waals surface area contributed by atoms with Gasteiger partial charge in [0.05, 0.1) is 18.9 Å². The van der Waals surface area contributed by atoms with Crippen LogP contribution in [0.3, 0.4) is 0 Å². The number of rotatable bonds is 6. The maximum Gasteiger partial charge on any atom is 0.162 e. The highest BCUT2D eigenvalue weighted by Crippen LogP contribution is 2.28. The number of anilines is 1. The number of aromatic nitrogens is 4. The molecule has 1 saturated heterocycles. The maximum atomic E-state index is 5.54. The summed E-state index contributed by atoms with van der Waals surface area (Å²) in [6, 6.07) is 14.5. The van der Waals surface area contributed by atoms with E-state index >= 15 is 0 Å². The molecule has 158 valence electrons. The van der Waals surface area contributed by atoms with Gasteiger partial charge in [-0.2, -0.15) is 0 Å². The molecule has 0 atom stereocenters. The van der Waals surface area contributed by atoms with Crippen molar-refractivity contribution in [3.05, 3.63) is 72.3 Å². The third-order valence-electron chi connectivity index (χ3n) is 5.54. The smallest absolute Gasteiger partial charge is 0.162 e. The number of nitrogens with zero attached hydrogens (tertiary/aromatic N) is 5. The fourth-order valence-electron chi connectivity index (χ4n) is 4.06. The van der Waals surface area contributed by atoms with Crippen LogP contribution in [0, 0.1) is 0 Å². The lowest BCUT2D eigenvalue weighted by molar-refractivity contribution is 0.122. The van der Waals surface area contributed by atoms with Gasteiger partial charge in [-0.25, -0.2) is 9.97 Å². The summed E-state index contributed by atoms with van der Waals surface area (Å²) in [5.41, 5.74) is 4.33. The van der Waals surface area contributed by atoms with E-state index in [1.807, 2.05) is 24.5 Å². The van der Waals surface area contributed by atoms with Crippen molar-refractivity contribution in [2.45, 2.75) is 13.1 Å². The van der Waals surface area contributed by atoms with Crippen LogP contribution in [0.15, 0.2) is 61.1 Å². The van der Waals surface area contributed by atoms with Gasteiger partial charge in [0.2, 0.25) is 0 Å². The molecule has 0 unspecified atom stereocenters. The molecule has 7 heteroatoms. The zero-order valence-electron chi connectivity index (χ0n) is 17.7. The van der Waals surface area contributed by atoms with Crippen LogP contribution >= 0.6 is 0 Å². The molecule has 1 fully saturated rings. The molecule has 0 radical (unpaired) electrons. The number of ether oxygens (including phenoxy) is 1. The fraction of sp³-hybridized carbons (Fsp3) is 0.292. The number of nitrogens with one attached hydrogen (secondary N) is 1. The molecule has 4 aromatic rings. The number of pyridine rings is 1. The number of fused-ring (bicyclic) bond motifs is 1. The van der Waals surface area contributed by atoms with Crippen molar-refractivity contribution in [1.29, 1.82) is 0 Å². The van der Waals surface area contributed by atoms with Gasteiger partial charge in [-0.1, -0.05) is 18.2 Å². The second-order valence-electron chi connectivity index (χ2n) is 7.92. The van der Waals surface area contributed by atoms with Crippen LogP contribution in [-0.4, -0.2) is 58.2 Å². The Morgan fingerprint density at radius 2 is 1.97 bits per heavy atom. The standard InChI is InChI=1S/C24H26N6O/c1-29(16-18-4-3-8-25-15-18)17-19-14-23(30-10-12-31-13-11-30)28-24(27-19)21-5-2-6-22-20(21)7-9-26-22/h2-9,14-15,26H,10-13,16-17H2,1H3. The van der Waals surface area contributed by atoms with Gasteiger partial charge in [-0.3, -0.25) is 9.88 Å². The van der Waals surface area contributed by atoms with Crippen molar-refractivity contribution < 1.29 is 4.74 Å². The zero-order valence-corrected chi connectivity index (χ0v) is 17.7. The van der Waals surface area contributed by atoms with E-state index in [2.05, 4.69) is 57.1 Å². The quantitative estimate of drug-likeness (QED) is 0.521. The monoisotopic (exact) mass is 414 g/mol. The number of aromatic amines is 1. The molecule has 1 aliphatic rings. The zero-order chi connectivity index (χ0) is 21.0. The third-order valence-corrected chi connectivity index (χ3v) is 5.54. The number of H-pyrrole nitrogens is 1. The molecule has 1 N–H and O–H groups in total. The molecule has 7 nitrogen and oxygen atoms in total. The molecule has 1 aliphatic heterocycles. The summed E-state index contributed by atoms with van der Waals surface area (Å²) in [5.74, 6) is 1.73. The van der Waals surface area contributed by atoms with E-state index in [0.29, 0.717) is 0 Å². The van der Waals surface area contributed by atoms with E-state index in [0.717, 1.165) is 73.2 Å². The van der Waals surface area contributed by atoms with Gasteiger partial charge < -0.3 is 14.6 Å². The van der Waals surface area contributed by atoms with Crippen molar-refractivity contribution in [2.75, 3.05) is 38.3 Å². The van der Waals surface area contributed by atoms with Crippen LogP contribution in [0.1, 0.15) is 11.3 Å². The molecule has 4 heterocycles. The summed E-state index contributed by atoms with van der Waals surface area (Å²) in [6.45, 7) is 4.68. The first-order valence-electron chi connectivity index (χ1n) is 10.6. The number of benzene rings is 1. The average molecular weight is 415 g/mol. The molecular formula is C24H26N6O. The fourth-order valence-corrected chi connectivity index (χ4v) is 4.06. The summed E-state index contributed by atoms with van der Waals surface area (Å²) in [6.07, 6.45) is 5.67. The van der Waals surface area contributed by atoms with Crippen LogP contribution in [0.5, 0.6) is 0 Å². The predicted octanol–water partition coefficient (Wildman–Crippen LogP) is 3.49. The summed E-state index contributed by atoms with van der Waals surface area (Å²) in [5, 5.41) is 1.14. The van der Waals surface area contributed by atoms with Gasteiger partial charge in [0.15, 0.2) is 5.82 Å². The van der Waals surface area contributed by atoms with Crippen LogP contribution in [0.2, 0.25) is 0 Å². The van der Waals surface area contributed by atoms with Crippen molar-refractivity contribution in [3.63, 3.8) is 0 Å². The summed E-state index contributed by atoms with van der Waals surface area (Å²) in [4.78, 5) is 22.0. The lowest BCUT2D eigenvalue weighted by atomic mass is 10.1. The molecular weight excluding hydrogens is 388 g/mol. The molecule has 5 rings (SSSR count). The number of hydrogen-bond acceptors (Lipinski definition) is 6. The van der Waals surface area contributed by atoms with E-state index in [1.54, 1.807) is 6.20 Å². The SMILES string of the molecule is CN(Cc1cccnc1)Cc1cc(N2CCOCC2)nc(-c2cccc3[nH]ccc23)n1. The molecule has 0 aliphatic carbocycles. The Morgan fingerprint density at radius 3 is 2.81 bits per heavy atom. The van der Waals surface area contributed by atoms with E-state index in [9.17, 15) is 0 Å². The van der Waals surface area contributed by atoms with Gasteiger partial charge >= 0.3 is 0 Å². The highest BCUT2D eigenvalue weighted by atomic mass is 16.5. The minimum atomic E-state index is 0.725. The molecule has 0 spiro atoms.